The monoisotopic (exact) mass is 354 g/mol. The largest absolute Gasteiger partial charge is 0.309 e. The quantitative estimate of drug-likeness (QED) is 0.865. The van der Waals surface area contributed by atoms with Crippen LogP contribution in [0.2, 0.25) is 0 Å². The molecule has 20 heavy (non-hydrogen) atoms. The molecule has 0 unspecified atom stereocenters. The van der Waals surface area contributed by atoms with E-state index in [0.29, 0.717) is 6.54 Å². The van der Waals surface area contributed by atoms with Crippen LogP contribution in [0, 0.1) is 0 Å². The number of benzene rings is 2. The normalized spacial score (nSPS) is 11.5. The summed E-state index contributed by atoms with van der Waals surface area (Å²) >= 11 is 3.43. The van der Waals surface area contributed by atoms with Gasteiger partial charge in [-0.3, -0.25) is 0 Å². The van der Waals surface area contributed by atoms with Crippen molar-refractivity contribution in [1.82, 2.24) is 5.32 Å². The molecular formula is C14H15BrN2O2S. The molecule has 0 fully saturated rings. The Morgan fingerprint density at radius 3 is 2.25 bits per heavy atom. The second-order valence-electron chi connectivity index (χ2n) is 4.42. The summed E-state index contributed by atoms with van der Waals surface area (Å²) < 4.78 is 23.3. The van der Waals surface area contributed by atoms with Crippen molar-refractivity contribution >= 4 is 26.0 Å². The molecular weight excluding hydrogens is 340 g/mol. The summed E-state index contributed by atoms with van der Waals surface area (Å²) in [6.07, 6.45) is 0. The first-order valence-electron chi connectivity index (χ1n) is 6.02. The smallest absolute Gasteiger partial charge is 0.238 e. The van der Waals surface area contributed by atoms with Crippen molar-refractivity contribution in [3.8, 4) is 0 Å². The third-order valence-electron chi connectivity index (χ3n) is 2.80. The Morgan fingerprint density at radius 2 is 1.65 bits per heavy atom. The molecule has 2 aromatic carbocycles. The molecule has 0 aliphatic heterocycles. The fourth-order valence-electron chi connectivity index (χ4n) is 1.80. The highest BCUT2D eigenvalue weighted by atomic mass is 79.9. The van der Waals surface area contributed by atoms with E-state index < -0.39 is 10.0 Å². The van der Waals surface area contributed by atoms with E-state index in [2.05, 4.69) is 27.3 Å². The van der Waals surface area contributed by atoms with E-state index in [9.17, 15) is 8.42 Å². The SMILES string of the molecule is NS(=O)(=O)c1ccc(CNCc2cccc(Br)c2)cc1. The first-order chi connectivity index (χ1) is 9.45. The zero-order chi connectivity index (χ0) is 14.6. The summed E-state index contributed by atoms with van der Waals surface area (Å²) in [6.45, 7) is 1.41. The van der Waals surface area contributed by atoms with Crippen molar-refractivity contribution in [3.05, 3.63) is 64.1 Å². The molecule has 0 heterocycles. The van der Waals surface area contributed by atoms with Crippen LogP contribution in [0.25, 0.3) is 0 Å². The van der Waals surface area contributed by atoms with Gasteiger partial charge in [-0.15, -0.1) is 0 Å². The average molecular weight is 355 g/mol. The van der Waals surface area contributed by atoms with E-state index in [1.807, 2.05) is 18.2 Å². The third kappa shape index (κ3) is 4.42. The van der Waals surface area contributed by atoms with E-state index in [4.69, 9.17) is 5.14 Å². The standard InChI is InChI=1S/C14H15BrN2O2S/c15-13-3-1-2-12(8-13)10-17-9-11-4-6-14(7-5-11)20(16,18)19/h1-8,17H,9-10H2,(H2,16,18,19). The van der Waals surface area contributed by atoms with Gasteiger partial charge in [0.1, 0.15) is 0 Å². The molecule has 0 aliphatic carbocycles. The van der Waals surface area contributed by atoms with Gasteiger partial charge in [0.05, 0.1) is 4.90 Å². The van der Waals surface area contributed by atoms with Gasteiger partial charge in [0, 0.05) is 17.6 Å². The third-order valence-corrected chi connectivity index (χ3v) is 4.22. The van der Waals surface area contributed by atoms with Crippen LogP contribution in [-0.2, 0) is 23.1 Å². The van der Waals surface area contributed by atoms with E-state index in [-0.39, 0.29) is 4.90 Å². The van der Waals surface area contributed by atoms with Crippen LogP contribution in [0.4, 0.5) is 0 Å². The Labute approximate surface area is 127 Å². The van der Waals surface area contributed by atoms with E-state index >= 15 is 0 Å². The molecule has 0 spiro atoms. The number of hydrogen-bond donors (Lipinski definition) is 2. The highest BCUT2D eigenvalue weighted by Crippen LogP contribution is 2.12. The minimum Gasteiger partial charge on any atom is -0.309 e. The van der Waals surface area contributed by atoms with Crippen LogP contribution in [0.3, 0.4) is 0 Å². The summed E-state index contributed by atoms with van der Waals surface area (Å²) in [5.74, 6) is 0. The number of halogens is 1. The average Bonchev–Trinajstić information content (AvgIpc) is 2.38. The van der Waals surface area contributed by atoms with Crippen LogP contribution in [0.5, 0.6) is 0 Å². The van der Waals surface area contributed by atoms with Crippen LogP contribution in [0.1, 0.15) is 11.1 Å². The Balaban J connectivity index is 1.92. The summed E-state index contributed by atoms with van der Waals surface area (Å²) in [4.78, 5) is 0.133. The second kappa shape index (κ2) is 6.49. The molecule has 2 rings (SSSR count). The van der Waals surface area contributed by atoms with Gasteiger partial charge < -0.3 is 5.32 Å². The van der Waals surface area contributed by atoms with Crippen molar-refractivity contribution in [2.75, 3.05) is 0 Å². The maximum atomic E-state index is 11.1. The summed E-state index contributed by atoms with van der Waals surface area (Å²) in [6, 6.07) is 14.6. The highest BCUT2D eigenvalue weighted by molar-refractivity contribution is 9.10. The van der Waals surface area contributed by atoms with Crippen molar-refractivity contribution < 1.29 is 8.42 Å². The van der Waals surface area contributed by atoms with Gasteiger partial charge >= 0.3 is 0 Å². The molecule has 3 N–H and O–H groups in total. The number of nitrogens with one attached hydrogen (secondary N) is 1. The van der Waals surface area contributed by atoms with Crippen molar-refractivity contribution in [1.29, 1.82) is 0 Å². The lowest BCUT2D eigenvalue weighted by Crippen LogP contribution is -2.14. The molecule has 0 atom stereocenters. The molecule has 0 saturated heterocycles. The molecule has 6 heteroatoms. The topological polar surface area (TPSA) is 72.2 Å². The van der Waals surface area contributed by atoms with Gasteiger partial charge in [-0.05, 0) is 35.4 Å². The number of sulfonamides is 1. The molecule has 0 bridgehead atoms. The fourth-order valence-corrected chi connectivity index (χ4v) is 2.76. The molecule has 0 aliphatic rings. The number of primary sulfonamides is 1. The van der Waals surface area contributed by atoms with Crippen molar-refractivity contribution in [2.24, 2.45) is 5.14 Å². The van der Waals surface area contributed by atoms with Crippen LogP contribution < -0.4 is 10.5 Å². The van der Waals surface area contributed by atoms with Gasteiger partial charge in [0.15, 0.2) is 0 Å². The second-order valence-corrected chi connectivity index (χ2v) is 6.90. The fraction of sp³-hybridized carbons (Fsp3) is 0.143. The van der Waals surface area contributed by atoms with Crippen molar-refractivity contribution in [3.63, 3.8) is 0 Å². The van der Waals surface area contributed by atoms with Gasteiger partial charge in [0.25, 0.3) is 0 Å². The molecule has 0 saturated carbocycles. The van der Waals surface area contributed by atoms with E-state index in [1.165, 1.54) is 17.7 Å². The molecule has 0 aromatic heterocycles. The Hall–Kier alpha value is -1.21. The van der Waals surface area contributed by atoms with Crippen LogP contribution in [0.15, 0.2) is 57.9 Å². The van der Waals surface area contributed by atoms with Crippen molar-refractivity contribution in [2.45, 2.75) is 18.0 Å². The minimum atomic E-state index is -3.61. The molecule has 0 amide bonds. The lowest BCUT2D eigenvalue weighted by atomic mass is 10.2. The molecule has 0 radical (unpaired) electrons. The minimum absolute atomic E-state index is 0.133. The van der Waals surface area contributed by atoms with E-state index in [0.717, 1.165) is 16.6 Å². The predicted molar refractivity (Wildman–Crippen MR) is 82.5 cm³/mol. The number of hydrogen-bond acceptors (Lipinski definition) is 3. The summed E-state index contributed by atoms with van der Waals surface area (Å²) in [7, 11) is -3.61. The Kier molecular flexibility index (Phi) is 4.93. The van der Waals surface area contributed by atoms with Gasteiger partial charge in [-0.1, -0.05) is 40.2 Å². The molecule has 2 aromatic rings. The molecule has 106 valence electrons. The Bertz CT molecular complexity index is 685. The van der Waals surface area contributed by atoms with Crippen LogP contribution >= 0.6 is 15.9 Å². The number of nitrogens with two attached hydrogens (primary N) is 1. The predicted octanol–water partition coefficient (Wildman–Crippen LogP) is 2.39. The lowest BCUT2D eigenvalue weighted by molar-refractivity contribution is 0.597. The first-order valence-corrected chi connectivity index (χ1v) is 8.36. The highest BCUT2D eigenvalue weighted by Gasteiger charge is 2.06. The van der Waals surface area contributed by atoms with Gasteiger partial charge in [-0.25, -0.2) is 13.6 Å². The zero-order valence-corrected chi connectivity index (χ0v) is 13.1. The van der Waals surface area contributed by atoms with Gasteiger partial charge in [0.2, 0.25) is 10.0 Å². The number of rotatable bonds is 5. The zero-order valence-electron chi connectivity index (χ0n) is 10.7. The lowest BCUT2D eigenvalue weighted by Gasteiger charge is -2.06. The van der Waals surface area contributed by atoms with Crippen LogP contribution in [-0.4, -0.2) is 8.42 Å². The van der Waals surface area contributed by atoms with E-state index in [1.54, 1.807) is 12.1 Å². The summed E-state index contributed by atoms with van der Waals surface area (Å²) in [5.41, 5.74) is 2.19. The maximum absolute atomic E-state index is 11.1. The Morgan fingerprint density at radius 1 is 1.00 bits per heavy atom. The first kappa shape index (κ1) is 15.2. The van der Waals surface area contributed by atoms with Gasteiger partial charge in [-0.2, -0.15) is 0 Å². The maximum Gasteiger partial charge on any atom is 0.238 e. The summed E-state index contributed by atoms with van der Waals surface area (Å²) in [5, 5.41) is 8.35. The molecule has 4 nitrogen and oxygen atoms in total.